The summed E-state index contributed by atoms with van der Waals surface area (Å²) in [7, 11) is 0. The highest BCUT2D eigenvalue weighted by Crippen LogP contribution is 2.31. The summed E-state index contributed by atoms with van der Waals surface area (Å²) in [5, 5.41) is 8.84. The van der Waals surface area contributed by atoms with Gasteiger partial charge in [-0.05, 0) is 19.9 Å². The average Bonchev–Trinajstić information content (AvgIpc) is 3.22. The van der Waals surface area contributed by atoms with Crippen LogP contribution in [0.4, 0.5) is 5.13 Å². The molecule has 7 nitrogen and oxygen atoms in total. The number of aryl methyl sites for hydroxylation is 1. The molecule has 0 radical (unpaired) electrons. The molecule has 134 valence electrons. The Labute approximate surface area is 157 Å². The molecule has 0 saturated carbocycles. The van der Waals surface area contributed by atoms with Gasteiger partial charge in [-0.25, -0.2) is 9.78 Å². The Morgan fingerprint density at radius 1 is 1.35 bits per heavy atom. The third-order valence-electron chi connectivity index (χ3n) is 3.43. The highest BCUT2D eigenvalue weighted by atomic mass is 35.5. The van der Waals surface area contributed by atoms with Crippen LogP contribution < -0.4 is 5.32 Å². The van der Waals surface area contributed by atoms with E-state index in [1.807, 2.05) is 0 Å². The largest absolute Gasteiger partial charge is 0.461 e. The molecule has 26 heavy (non-hydrogen) atoms. The Bertz CT molecular complexity index is 967. The SMILES string of the molecule is CCOC(=O)c1csc(NC(=O)c2c(-c3ccccc3Cl)noc2C)n1. The monoisotopic (exact) mass is 391 g/mol. The molecule has 3 rings (SSSR count). The molecule has 0 fully saturated rings. The van der Waals surface area contributed by atoms with E-state index in [4.69, 9.17) is 20.9 Å². The zero-order valence-corrected chi connectivity index (χ0v) is 15.5. The molecule has 0 aliphatic heterocycles. The van der Waals surface area contributed by atoms with E-state index in [9.17, 15) is 9.59 Å². The molecule has 1 N–H and O–H groups in total. The third kappa shape index (κ3) is 3.61. The number of rotatable bonds is 5. The van der Waals surface area contributed by atoms with Crippen molar-refractivity contribution in [1.82, 2.24) is 10.1 Å². The molecule has 0 saturated heterocycles. The molecular weight excluding hydrogens is 378 g/mol. The van der Waals surface area contributed by atoms with Gasteiger partial charge in [0.05, 0.1) is 11.6 Å². The van der Waals surface area contributed by atoms with E-state index in [2.05, 4.69) is 15.5 Å². The summed E-state index contributed by atoms with van der Waals surface area (Å²) in [6.45, 7) is 3.59. The van der Waals surface area contributed by atoms with Crippen molar-refractivity contribution < 1.29 is 18.8 Å². The maximum atomic E-state index is 12.7. The zero-order chi connectivity index (χ0) is 18.7. The summed E-state index contributed by atoms with van der Waals surface area (Å²) < 4.78 is 10.1. The van der Waals surface area contributed by atoms with Gasteiger partial charge in [0.2, 0.25) is 0 Å². The van der Waals surface area contributed by atoms with E-state index in [0.717, 1.165) is 11.3 Å². The Morgan fingerprint density at radius 2 is 2.12 bits per heavy atom. The van der Waals surface area contributed by atoms with Gasteiger partial charge in [0.1, 0.15) is 17.0 Å². The molecular formula is C17H14ClN3O4S. The summed E-state index contributed by atoms with van der Waals surface area (Å²) in [6.07, 6.45) is 0. The number of nitrogens with one attached hydrogen (secondary N) is 1. The Balaban J connectivity index is 1.87. The lowest BCUT2D eigenvalue weighted by Crippen LogP contribution is -2.14. The minimum atomic E-state index is -0.540. The van der Waals surface area contributed by atoms with Crippen molar-refractivity contribution >= 4 is 39.9 Å². The number of anilines is 1. The van der Waals surface area contributed by atoms with Crippen molar-refractivity contribution in [2.24, 2.45) is 0 Å². The molecule has 3 aromatic rings. The number of benzene rings is 1. The van der Waals surface area contributed by atoms with Gasteiger partial charge < -0.3 is 9.26 Å². The Hall–Kier alpha value is -2.71. The Morgan fingerprint density at radius 3 is 2.85 bits per heavy atom. The number of thiazole rings is 1. The minimum Gasteiger partial charge on any atom is -0.461 e. The van der Waals surface area contributed by atoms with E-state index in [-0.39, 0.29) is 23.0 Å². The highest BCUT2D eigenvalue weighted by molar-refractivity contribution is 7.14. The predicted molar refractivity (Wildman–Crippen MR) is 97.7 cm³/mol. The van der Waals surface area contributed by atoms with Gasteiger partial charge in [-0.3, -0.25) is 10.1 Å². The van der Waals surface area contributed by atoms with E-state index < -0.39 is 11.9 Å². The molecule has 2 aromatic heterocycles. The van der Waals surface area contributed by atoms with Crippen LogP contribution in [-0.2, 0) is 4.74 Å². The number of aromatic nitrogens is 2. The number of hydrogen-bond donors (Lipinski definition) is 1. The van der Waals surface area contributed by atoms with Crippen LogP contribution in [0.1, 0.15) is 33.5 Å². The molecule has 0 aliphatic rings. The maximum Gasteiger partial charge on any atom is 0.357 e. The lowest BCUT2D eigenvalue weighted by molar-refractivity contribution is 0.0520. The number of esters is 1. The molecule has 0 bridgehead atoms. The van der Waals surface area contributed by atoms with E-state index in [1.54, 1.807) is 38.1 Å². The van der Waals surface area contributed by atoms with E-state index in [1.165, 1.54) is 5.38 Å². The third-order valence-corrected chi connectivity index (χ3v) is 4.52. The van der Waals surface area contributed by atoms with Gasteiger partial charge in [0, 0.05) is 10.9 Å². The zero-order valence-electron chi connectivity index (χ0n) is 13.9. The number of halogens is 1. The first-order valence-electron chi connectivity index (χ1n) is 7.66. The molecule has 9 heteroatoms. The van der Waals surface area contributed by atoms with Crippen LogP contribution in [0.2, 0.25) is 5.02 Å². The molecule has 0 spiro atoms. The van der Waals surface area contributed by atoms with E-state index >= 15 is 0 Å². The Kier molecular flexibility index (Phi) is 5.34. The summed E-state index contributed by atoms with van der Waals surface area (Å²) in [5.41, 5.74) is 1.32. The van der Waals surface area contributed by atoms with Gasteiger partial charge in [-0.1, -0.05) is 35.0 Å². The normalized spacial score (nSPS) is 10.6. The van der Waals surface area contributed by atoms with Gasteiger partial charge in [0.15, 0.2) is 10.8 Å². The van der Waals surface area contributed by atoms with Crippen molar-refractivity contribution in [3.8, 4) is 11.3 Å². The van der Waals surface area contributed by atoms with Crippen molar-refractivity contribution in [3.05, 3.63) is 51.7 Å². The first-order chi connectivity index (χ1) is 12.5. The number of carbonyl (C=O) groups excluding carboxylic acids is 2. The van der Waals surface area contributed by atoms with Gasteiger partial charge >= 0.3 is 5.97 Å². The van der Waals surface area contributed by atoms with Crippen LogP contribution in [-0.4, -0.2) is 28.6 Å². The van der Waals surface area contributed by atoms with Crippen LogP contribution in [0.15, 0.2) is 34.2 Å². The predicted octanol–water partition coefficient (Wildman–Crippen LogP) is 4.19. The summed E-state index contributed by atoms with van der Waals surface area (Å²) in [5.74, 6) is -0.648. The standard InChI is InChI=1S/C17H14ClN3O4S/c1-3-24-16(23)12-8-26-17(19-12)20-15(22)13-9(2)25-21-14(13)10-6-4-5-7-11(10)18/h4-8H,3H2,1-2H3,(H,19,20,22). The summed E-state index contributed by atoms with van der Waals surface area (Å²) in [6, 6.07) is 7.03. The molecule has 1 aromatic carbocycles. The number of ether oxygens (including phenoxy) is 1. The lowest BCUT2D eigenvalue weighted by atomic mass is 10.1. The van der Waals surface area contributed by atoms with Crippen LogP contribution >= 0.6 is 22.9 Å². The summed E-state index contributed by atoms with van der Waals surface area (Å²) in [4.78, 5) is 28.4. The number of carbonyl (C=O) groups is 2. The quantitative estimate of drug-likeness (QED) is 0.655. The highest BCUT2D eigenvalue weighted by Gasteiger charge is 2.24. The first-order valence-corrected chi connectivity index (χ1v) is 8.92. The fraction of sp³-hybridized carbons (Fsp3) is 0.176. The number of amides is 1. The second-order valence-corrected chi connectivity index (χ2v) is 6.42. The van der Waals surface area contributed by atoms with Crippen LogP contribution in [0.5, 0.6) is 0 Å². The first kappa shape index (κ1) is 18.1. The van der Waals surface area contributed by atoms with E-state index in [0.29, 0.717) is 22.0 Å². The second-order valence-electron chi connectivity index (χ2n) is 5.15. The van der Waals surface area contributed by atoms with Crippen LogP contribution in [0, 0.1) is 6.92 Å². The summed E-state index contributed by atoms with van der Waals surface area (Å²) >= 11 is 7.32. The molecule has 0 unspecified atom stereocenters. The van der Waals surface area contributed by atoms with Crippen molar-refractivity contribution in [2.45, 2.75) is 13.8 Å². The van der Waals surface area contributed by atoms with Crippen LogP contribution in [0.3, 0.4) is 0 Å². The maximum absolute atomic E-state index is 12.7. The topological polar surface area (TPSA) is 94.3 Å². The lowest BCUT2D eigenvalue weighted by Gasteiger charge is -2.04. The average molecular weight is 392 g/mol. The van der Waals surface area contributed by atoms with Gasteiger partial charge in [-0.2, -0.15) is 0 Å². The molecule has 0 atom stereocenters. The second kappa shape index (κ2) is 7.67. The van der Waals surface area contributed by atoms with Crippen molar-refractivity contribution in [1.29, 1.82) is 0 Å². The minimum absolute atomic E-state index is 0.139. The smallest absolute Gasteiger partial charge is 0.357 e. The fourth-order valence-corrected chi connectivity index (χ4v) is 3.17. The van der Waals surface area contributed by atoms with Crippen LogP contribution in [0.25, 0.3) is 11.3 Å². The van der Waals surface area contributed by atoms with Crippen molar-refractivity contribution in [3.63, 3.8) is 0 Å². The van der Waals surface area contributed by atoms with Crippen molar-refractivity contribution in [2.75, 3.05) is 11.9 Å². The van der Waals surface area contributed by atoms with Gasteiger partial charge in [-0.15, -0.1) is 11.3 Å². The number of nitrogens with zero attached hydrogens (tertiary/aromatic N) is 2. The fourth-order valence-electron chi connectivity index (χ4n) is 2.27. The molecule has 1 amide bonds. The molecule has 0 aliphatic carbocycles. The number of hydrogen-bond acceptors (Lipinski definition) is 7. The van der Waals surface area contributed by atoms with Gasteiger partial charge in [0.25, 0.3) is 5.91 Å². The molecule has 2 heterocycles.